The molecular formula is C21H22N4O2. The van der Waals surface area contributed by atoms with Crippen molar-refractivity contribution >= 4 is 5.91 Å². The Morgan fingerprint density at radius 2 is 1.89 bits per heavy atom. The molecule has 0 aliphatic carbocycles. The molecule has 0 spiro atoms. The van der Waals surface area contributed by atoms with Gasteiger partial charge >= 0.3 is 0 Å². The van der Waals surface area contributed by atoms with Crippen molar-refractivity contribution in [2.45, 2.75) is 33.0 Å². The number of rotatable bonds is 3. The number of fused-ring (bicyclic) bond motifs is 1. The van der Waals surface area contributed by atoms with E-state index >= 15 is 0 Å². The molecule has 1 aromatic carbocycles. The first-order valence-electron chi connectivity index (χ1n) is 9.12. The number of hydrogen-bond acceptors (Lipinski definition) is 3. The van der Waals surface area contributed by atoms with Crippen LogP contribution in [0.3, 0.4) is 0 Å². The van der Waals surface area contributed by atoms with Crippen molar-refractivity contribution in [3.63, 3.8) is 0 Å². The Labute approximate surface area is 157 Å². The molecular weight excluding hydrogens is 340 g/mol. The zero-order valence-corrected chi connectivity index (χ0v) is 15.5. The van der Waals surface area contributed by atoms with Gasteiger partial charge in [-0.1, -0.05) is 30.3 Å². The van der Waals surface area contributed by atoms with Crippen LogP contribution in [0.25, 0.3) is 0 Å². The third-order valence-electron chi connectivity index (χ3n) is 5.27. The van der Waals surface area contributed by atoms with Crippen LogP contribution in [0.5, 0.6) is 0 Å². The highest BCUT2D eigenvalue weighted by Crippen LogP contribution is 2.18. The molecule has 1 unspecified atom stereocenters. The van der Waals surface area contributed by atoms with Crippen molar-refractivity contribution in [3.05, 3.63) is 87.9 Å². The Bertz CT molecular complexity index is 1040. The molecule has 1 aliphatic rings. The number of hydrogen-bond donors (Lipinski definition) is 0. The van der Waals surface area contributed by atoms with E-state index in [-0.39, 0.29) is 23.1 Å². The molecule has 138 valence electrons. The van der Waals surface area contributed by atoms with E-state index in [1.165, 1.54) is 0 Å². The van der Waals surface area contributed by atoms with E-state index < -0.39 is 0 Å². The molecule has 1 aliphatic heterocycles. The van der Waals surface area contributed by atoms with Crippen LogP contribution in [-0.2, 0) is 13.1 Å². The van der Waals surface area contributed by atoms with Crippen molar-refractivity contribution in [2.24, 2.45) is 0 Å². The number of pyridine rings is 1. The largest absolute Gasteiger partial charge is 0.332 e. The van der Waals surface area contributed by atoms with Crippen LogP contribution in [0.2, 0.25) is 0 Å². The number of benzene rings is 1. The lowest BCUT2D eigenvalue weighted by molar-refractivity contribution is 0.0704. The van der Waals surface area contributed by atoms with Crippen LogP contribution in [0.15, 0.2) is 59.8 Å². The number of aryl methyl sites for hydroxylation is 1. The zero-order valence-electron chi connectivity index (χ0n) is 15.5. The summed E-state index contributed by atoms with van der Waals surface area (Å²) in [6.45, 7) is 5.48. The molecule has 0 fully saturated rings. The molecule has 2 aromatic heterocycles. The monoisotopic (exact) mass is 362 g/mol. The number of imidazole rings is 1. The average molecular weight is 362 g/mol. The minimum atomic E-state index is -0.245. The highest BCUT2D eigenvalue weighted by atomic mass is 16.2. The van der Waals surface area contributed by atoms with Crippen LogP contribution < -0.4 is 5.56 Å². The molecule has 0 saturated heterocycles. The first-order valence-corrected chi connectivity index (χ1v) is 9.12. The van der Waals surface area contributed by atoms with Gasteiger partial charge in [0, 0.05) is 31.7 Å². The molecule has 3 heterocycles. The fourth-order valence-corrected chi connectivity index (χ4v) is 3.60. The van der Waals surface area contributed by atoms with E-state index in [1.54, 1.807) is 21.9 Å². The van der Waals surface area contributed by atoms with Crippen molar-refractivity contribution in [2.75, 3.05) is 6.54 Å². The summed E-state index contributed by atoms with van der Waals surface area (Å²) in [6, 6.07) is 11.5. The summed E-state index contributed by atoms with van der Waals surface area (Å²) in [5.74, 6) is 0.627. The lowest BCUT2D eigenvalue weighted by atomic mass is 10.1. The summed E-state index contributed by atoms with van der Waals surface area (Å²) >= 11 is 0. The van der Waals surface area contributed by atoms with Gasteiger partial charge in [0.25, 0.3) is 11.5 Å². The summed E-state index contributed by atoms with van der Waals surface area (Å²) in [6.07, 6.45) is 5.43. The molecule has 0 saturated carbocycles. The standard InChI is InChI=1S/C21H22N4O2/c1-15-8-10-25(16(2)17-6-4-3-5-7-17)21(27)19(15)20(26)24-13-12-23-11-9-22-18(23)14-24/h3-11,16H,12-14H2,1-2H3. The number of aromatic nitrogens is 3. The number of carbonyl (C=O) groups is 1. The van der Waals surface area contributed by atoms with E-state index in [9.17, 15) is 9.59 Å². The van der Waals surface area contributed by atoms with E-state index in [0.717, 1.165) is 11.4 Å². The Kier molecular flexibility index (Phi) is 4.39. The first-order chi connectivity index (χ1) is 13.1. The van der Waals surface area contributed by atoms with Crippen molar-refractivity contribution in [1.29, 1.82) is 0 Å². The molecule has 4 rings (SSSR count). The smallest absolute Gasteiger partial charge is 0.264 e. The zero-order chi connectivity index (χ0) is 19.0. The SMILES string of the molecule is Cc1ccn(C(C)c2ccccc2)c(=O)c1C(=O)N1CCn2ccnc2C1. The summed E-state index contributed by atoms with van der Waals surface area (Å²) in [4.78, 5) is 32.3. The molecule has 1 atom stereocenters. The van der Waals surface area contributed by atoms with Gasteiger partial charge < -0.3 is 14.0 Å². The first kappa shape index (κ1) is 17.3. The highest BCUT2D eigenvalue weighted by molar-refractivity contribution is 5.95. The molecule has 27 heavy (non-hydrogen) atoms. The van der Waals surface area contributed by atoms with E-state index in [0.29, 0.717) is 25.2 Å². The Morgan fingerprint density at radius 3 is 2.67 bits per heavy atom. The van der Waals surface area contributed by atoms with E-state index in [1.807, 2.05) is 61.0 Å². The van der Waals surface area contributed by atoms with Crippen molar-refractivity contribution < 1.29 is 4.79 Å². The predicted octanol–water partition coefficient (Wildman–Crippen LogP) is 2.62. The maximum absolute atomic E-state index is 13.2. The van der Waals surface area contributed by atoms with Crippen LogP contribution in [0, 0.1) is 6.92 Å². The van der Waals surface area contributed by atoms with Crippen LogP contribution in [-0.4, -0.2) is 31.5 Å². The normalized spacial score (nSPS) is 14.7. The van der Waals surface area contributed by atoms with Crippen molar-refractivity contribution in [3.8, 4) is 0 Å². The lowest BCUT2D eigenvalue weighted by Gasteiger charge is -2.28. The van der Waals surface area contributed by atoms with Gasteiger partial charge in [0.15, 0.2) is 0 Å². The quantitative estimate of drug-likeness (QED) is 0.720. The van der Waals surface area contributed by atoms with Gasteiger partial charge in [0.1, 0.15) is 11.4 Å². The van der Waals surface area contributed by atoms with E-state index in [2.05, 4.69) is 4.98 Å². The lowest BCUT2D eigenvalue weighted by Crippen LogP contribution is -2.42. The van der Waals surface area contributed by atoms with Gasteiger partial charge in [0.05, 0.1) is 12.6 Å². The minimum Gasteiger partial charge on any atom is -0.332 e. The second-order valence-electron chi connectivity index (χ2n) is 6.94. The summed E-state index contributed by atoms with van der Waals surface area (Å²) < 4.78 is 3.68. The second-order valence-corrected chi connectivity index (χ2v) is 6.94. The van der Waals surface area contributed by atoms with Gasteiger partial charge in [-0.3, -0.25) is 9.59 Å². The predicted molar refractivity (Wildman–Crippen MR) is 103 cm³/mol. The highest BCUT2D eigenvalue weighted by Gasteiger charge is 2.26. The number of amides is 1. The van der Waals surface area contributed by atoms with Gasteiger partial charge in [-0.2, -0.15) is 0 Å². The Balaban J connectivity index is 1.69. The Hall–Kier alpha value is -3.15. The van der Waals surface area contributed by atoms with Gasteiger partial charge in [-0.15, -0.1) is 0 Å². The summed E-state index contributed by atoms with van der Waals surface area (Å²) in [5.41, 5.74) is 1.74. The third-order valence-corrected chi connectivity index (χ3v) is 5.27. The van der Waals surface area contributed by atoms with Crippen LogP contribution in [0.1, 0.15) is 40.3 Å². The Morgan fingerprint density at radius 1 is 1.11 bits per heavy atom. The maximum atomic E-state index is 13.2. The summed E-state index contributed by atoms with van der Waals surface area (Å²) in [5, 5.41) is 0. The second kappa shape index (κ2) is 6.87. The molecule has 0 bridgehead atoms. The number of nitrogens with zero attached hydrogens (tertiary/aromatic N) is 4. The topological polar surface area (TPSA) is 60.1 Å². The molecule has 0 radical (unpaired) electrons. The molecule has 0 N–H and O–H groups in total. The van der Waals surface area contributed by atoms with Gasteiger partial charge in [0.2, 0.25) is 0 Å². The van der Waals surface area contributed by atoms with Gasteiger partial charge in [-0.05, 0) is 31.0 Å². The van der Waals surface area contributed by atoms with E-state index in [4.69, 9.17) is 0 Å². The van der Waals surface area contributed by atoms with Gasteiger partial charge in [-0.25, -0.2) is 4.98 Å². The fraction of sp³-hybridized carbons (Fsp3) is 0.286. The molecule has 1 amide bonds. The fourth-order valence-electron chi connectivity index (χ4n) is 3.60. The number of carbonyl (C=O) groups excluding carboxylic acids is 1. The minimum absolute atomic E-state index is 0.147. The van der Waals surface area contributed by atoms with Crippen molar-refractivity contribution in [1.82, 2.24) is 19.0 Å². The summed E-state index contributed by atoms with van der Waals surface area (Å²) in [7, 11) is 0. The third kappa shape index (κ3) is 3.07. The van der Waals surface area contributed by atoms with Crippen LogP contribution >= 0.6 is 0 Å². The van der Waals surface area contributed by atoms with Crippen LogP contribution in [0.4, 0.5) is 0 Å². The molecule has 6 nitrogen and oxygen atoms in total. The molecule has 3 aromatic rings. The maximum Gasteiger partial charge on any atom is 0.264 e. The molecule has 6 heteroatoms. The average Bonchev–Trinajstić information content (AvgIpc) is 3.16.